The van der Waals surface area contributed by atoms with E-state index in [-0.39, 0.29) is 18.1 Å². The Hall–Kier alpha value is -1.66. The predicted molar refractivity (Wildman–Crippen MR) is 93.2 cm³/mol. The summed E-state index contributed by atoms with van der Waals surface area (Å²) in [6.07, 6.45) is 6.10. The van der Waals surface area contributed by atoms with Crippen molar-refractivity contribution in [3.63, 3.8) is 0 Å². The Kier molecular flexibility index (Phi) is 4.90. The highest BCUT2D eigenvalue weighted by Crippen LogP contribution is 2.34. The number of carbonyl (C=O) groups excluding carboxylic acids is 1. The summed E-state index contributed by atoms with van der Waals surface area (Å²) in [5, 5.41) is 3.06. The molecule has 1 aromatic rings. The van der Waals surface area contributed by atoms with Gasteiger partial charge in [-0.3, -0.25) is 9.69 Å². The molecular weight excluding hydrogens is 318 g/mol. The fourth-order valence-corrected chi connectivity index (χ4v) is 3.96. The van der Waals surface area contributed by atoms with Crippen LogP contribution in [0.4, 0.5) is 0 Å². The summed E-state index contributed by atoms with van der Waals surface area (Å²) in [4.78, 5) is 19.0. The molecule has 3 heterocycles. The van der Waals surface area contributed by atoms with Gasteiger partial charge in [0, 0.05) is 31.4 Å². The third-order valence-electron chi connectivity index (χ3n) is 5.63. The van der Waals surface area contributed by atoms with E-state index in [9.17, 15) is 4.79 Å². The van der Waals surface area contributed by atoms with Crippen LogP contribution >= 0.6 is 0 Å². The summed E-state index contributed by atoms with van der Waals surface area (Å²) in [5.74, 6) is 1.98. The maximum atomic E-state index is 12.3. The molecule has 6 heteroatoms. The number of nitrogens with one attached hydrogen (secondary N) is 1. The Morgan fingerprint density at radius 1 is 1.44 bits per heavy atom. The van der Waals surface area contributed by atoms with Gasteiger partial charge in [-0.05, 0) is 50.1 Å². The summed E-state index contributed by atoms with van der Waals surface area (Å²) in [6, 6.07) is 4.00. The predicted octanol–water partition coefficient (Wildman–Crippen LogP) is 1.60. The largest absolute Gasteiger partial charge is 0.481 e. The minimum atomic E-state index is -0.262. The van der Waals surface area contributed by atoms with Crippen LogP contribution in [0.2, 0.25) is 0 Å². The molecule has 2 saturated heterocycles. The zero-order valence-electron chi connectivity index (χ0n) is 14.8. The number of likely N-dealkylation sites (tertiary alicyclic amines) is 1. The molecule has 136 valence electrons. The van der Waals surface area contributed by atoms with Gasteiger partial charge in [0.05, 0.1) is 13.2 Å². The smallest absolute Gasteiger partial charge is 0.249 e. The number of hydrogen-bond donors (Lipinski definition) is 1. The topological polar surface area (TPSA) is 63.7 Å². The Bertz CT molecular complexity index is 620. The fourth-order valence-electron chi connectivity index (χ4n) is 3.96. The first kappa shape index (κ1) is 16.8. The molecule has 0 unspecified atom stereocenters. The lowest BCUT2D eigenvalue weighted by Gasteiger charge is -2.34. The Labute approximate surface area is 148 Å². The number of amides is 1. The zero-order valence-corrected chi connectivity index (χ0v) is 14.8. The number of fused-ring (bicyclic) bond motifs is 1. The highest BCUT2D eigenvalue weighted by Gasteiger charge is 2.42. The van der Waals surface area contributed by atoms with E-state index in [1.165, 1.54) is 12.8 Å². The van der Waals surface area contributed by atoms with Gasteiger partial charge in [0.1, 0.15) is 6.10 Å². The molecule has 1 amide bonds. The van der Waals surface area contributed by atoms with Gasteiger partial charge in [-0.2, -0.15) is 0 Å². The number of methoxy groups -OCH3 is 1. The Morgan fingerprint density at radius 2 is 2.32 bits per heavy atom. The van der Waals surface area contributed by atoms with Gasteiger partial charge in [0.15, 0.2) is 0 Å². The van der Waals surface area contributed by atoms with E-state index in [0.29, 0.717) is 17.7 Å². The second kappa shape index (κ2) is 7.30. The van der Waals surface area contributed by atoms with E-state index >= 15 is 0 Å². The van der Waals surface area contributed by atoms with Crippen molar-refractivity contribution < 1.29 is 14.3 Å². The van der Waals surface area contributed by atoms with Crippen LogP contribution in [0.1, 0.15) is 31.2 Å². The number of aromatic nitrogens is 1. The van der Waals surface area contributed by atoms with E-state index in [1.807, 2.05) is 6.07 Å². The third kappa shape index (κ3) is 3.96. The van der Waals surface area contributed by atoms with Crippen LogP contribution in [0.5, 0.6) is 5.88 Å². The van der Waals surface area contributed by atoms with Crippen LogP contribution in [0, 0.1) is 11.8 Å². The summed E-state index contributed by atoms with van der Waals surface area (Å²) in [6.45, 7) is 3.52. The number of pyridine rings is 1. The SMILES string of the molecule is COc1ncccc1CN1CC[C@H]2C[C@H](C(=O)NCC3CC3)O[C@H]2C1. The summed E-state index contributed by atoms with van der Waals surface area (Å²) in [5.41, 5.74) is 1.10. The maximum absolute atomic E-state index is 12.3. The van der Waals surface area contributed by atoms with Gasteiger partial charge in [-0.1, -0.05) is 6.07 Å². The van der Waals surface area contributed by atoms with Crippen molar-refractivity contribution >= 4 is 5.91 Å². The van der Waals surface area contributed by atoms with Crippen molar-refractivity contribution in [2.45, 2.75) is 44.4 Å². The molecule has 0 radical (unpaired) electrons. The number of ether oxygens (including phenoxy) is 2. The summed E-state index contributed by atoms with van der Waals surface area (Å²) < 4.78 is 11.5. The molecule has 25 heavy (non-hydrogen) atoms. The molecule has 2 aliphatic heterocycles. The normalized spacial score (nSPS) is 29.2. The van der Waals surface area contributed by atoms with Gasteiger partial charge in [-0.25, -0.2) is 4.98 Å². The third-order valence-corrected chi connectivity index (χ3v) is 5.63. The molecule has 3 atom stereocenters. The highest BCUT2D eigenvalue weighted by atomic mass is 16.5. The number of hydrogen-bond acceptors (Lipinski definition) is 5. The molecule has 3 fully saturated rings. The first-order valence-corrected chi connectivity index (χ1v) is 9.36. The van der Waals surface area contributed by atoms with Crippen LogP contribution in [0.3, 0.4) is 0 Å². The first-order valence-electron chi connectivity index (χ1n) is 9.36. The Balaban J connectivity index is 1.31. The molecule has 1 saturated carbocycles. The van der Waals surface area contributed by atoms with Crippen LogP contribution in [0.25, 0.3) is 0 Å². The fraction of sp³-hybridized carbons (Fsp3) is 0.684. The first-order chi connectivity index (χ1) is 12.2. The Morgan fingerprint density at radius 3 is 3.12 bits per heavy atom. The summed E-state index contributed by atoms with van der Waals surface area (Å²) in [7, 11) is 1.66. The van der Waals surface area contributed by atoms with Crippen LogP contribution in [-0.4, -0.2) is 54.7 Å². The quantitative estimate of drug-likeness (QED) is 0.848. The minimum Gasteiger partial charge on any atom is -0.481 e. The highest BCUT2D eigenvalue weighted by molar-refractivity contribution is 5.81. The molecule has 0 spiro atoms. The average molecular weight is 345 g/mol. The minimum absolute atomic E-state index is 0.0850. The van der Waals surface area contributed by atoms with Gasteiger partial charge < -0.3 is 14.8 Å². The molecule has 0 aromatic carbocycles. The van der Waals surface area contributed by atoms with Crippen LogP contribution in [0.15, 0.2) is 18.3 Å². The van der Waals surface area contributed by atoms with Crippen molar-refractivity contribution in [3.8, 4) is 5.88 Å². The van der Waals surface area contributed by atoms with Crippen molar-refractivity contribution in [3.05, 3.63) is 23.9 Å². The number of carbonyl (C=O) groups is 1. The van der Waals surface area contributed by atoms with Crippen molar-refractivity contribution in [1.82, 2.24) is 15.2 Å². The number of piperidine rings is 1. The zero-order chi connectivity index (χ0) is 17.2. The van der Waals surface area contributed by atoms with Crippen LogP contribution < -0.4 is 10.1 Å². The van der Waals surface area contributed by atoms with Gasteiger partial charge in [-0.15, -0.1) is 0 Å². The van der Waals surface area contributed by atoms with Crippen molar-refractivity contribution in [1.29, 1.82) is 0 Å². The van der Waals surface area contributed by atoms with Crippen molar-refractivity contribution in [2.24, 2.45) is 11.8 Å². The standard InChI is InChI=1S/C19H27N3O3/c1-24-19-15(3-2-7-20-19)11-22-8-6-14-9-16(25-17(14)12-22)18(23)21-10-13-4-5-13/h2-3,7,13-14,16-17H,4-6,8-12H2,1H3,(H,21,23)/t14-,16+,17-/m0/s1. The van der Waals surface area contributed by atoms with Gasteiger partial charge in [0.25, 0.3) is 0 Å². The second-order valence-corrected chi connectivity index (χ2v) is 7.54. The van der Waals surface area contributed by atoms with Gasteiger partial charge in [0.2, 0.25) is 11.8 Å². The number of rotatable bonds is 6. The molecule has 1 aromatic heterocycles. The molecule has 3 aliphatic rings. The van der Waals surface area contributed by atoms with E-state index in [1.54, 1.807) is 13.3 Å². The van der Waals surface area contributed by atoms with Crippen molar-refractivity contribution in [2.75, 3.05) is 26.7 Å². The maximum Gasteiger partial charge on any atom is 0.249 e. The molecule has 1 aliphatic carbocycles. The van der Waals surface area contributed by atoms with E-state index in [0.717, 1.165) is 44.6 Å². The van der Waals surface area contributed by atoms with E-state index in [4.69, 9.17) is 9.47 Å². The molecule has 0 bridgehead atoms. The average Bonchev–Trinajstić information content (AvgIpc) is 3.37. The van der Waals surface area contributed by atoms with Gasteiger partial charge >= 0.3 is 0 Å². The lowest BCUT2D eigenvalue weighted by molar-refractivity contribution is -0.132. The molecular formula is C19H27N3O3. The second-order valence-electron chi connectivity index (χ2n) is 7.54. The van der Waals surface area contributed by atoms with E-state index < -0.39 is 0 Å². The van der Waals surface area contributed by atoms with E-state index in [2.05, 4.69) is 21.3 Å². The number of nitrogens with zero attached hydrogens (tertiary/aromatic N) is 2. The van der Waals surface area contributed by atoms with Crippen LogP contribution in [-0.2, 0) is 16.1 Å². The lowest BCUT2D eigenvalue weighted by Crippen LogP contribution is -2.42. The lowest BCUT2D eigenvalue weighted by atomic mass is 9.91. The molecule has 6 nitrogen and oxygen atoms in total. The molecule has 1 N–H and O–H groups in total. The molecule has 4 rings (SSSR count). The monoisotopic (exact) mass is 345 g/mol. The summed E-state index contributed by atoms with van der Waals surface area (Å²) >= 11 is 0.